The molecule has 1 heterocycles. The third-order valence-corrected chi connectivity index (χ3v) is 4.67. The molecule has 0 saturated carbocycles. The number of nitrogens with two attached hydrogens (primary N) is 1. The highest BCUT2D eigenvalue weighted by Gasteiger charge is 2.34. The SMILES string of the molecule is C#CCN1C(=O)C(c2ccccc2)Sc2ccc(N)cc21. The molecule has 3 rings (SSSR count). The average molecular weight is 294 g/mol. The first kappa shape index (κ1) is 13.6. The Labute approximate surface area is 128 Å². The molecule has 1 aliphatic heterocycles. The van der Waals surface area contributed by atoms with E-state index in [0.717, 1.165) is 16.1 Å². The molecular formula is C17H14N2OS. The minimum absolute atomic E-state index is 0.00208. The molecule has 0 fully saturated rings. The largest absolute Gasteiger partial charge is 0.399 e. The van der Waals surface area contributed by atoms with Gasteiger partial charge in [0.25, 0.3) is 0 Å². The zero-order valence-corrected chi connectivity index (χ0v) is 12.1. The van der Waals surface area contributed by atoms with Crippen molar-refractivity contribution in [3.05, 3.63) is 54.1 Å². The lowest BCUT2D eigenvalue weighted by molar-refractivity contribution is -0.118. The number of hydrogen-bond donors (Lipinski definition) is 1. The average Bonchev–Trinajstić information content (AvgIpc) is 2.51. The second-order valence-electron chi connectivity index (χ2n) is 4.76. The number of amides is 1. The monoisotopic (exact) mass is 294 g/mol. The lowest BCUT2D eigenvalue weighted by Crippen LogP contribution is -2.37. The van der Waals surface area contributed by atoms with Gasteiger partial charge in [0.1, 0.15) is 5.25 Å². The molecule has 4 heteroatoms. The molecule has 0 spiro atoms. The van der Waals surface area contributed by atoms with Crippen LogP contribution in [0.5, 0.6) is 0 Å². The van der Waals surface area contributed by atoms with Gasteiger partial charge in [0.05, 0.1) is 12.2 Å². The summed E-state index contributed by atoms with van der Waals surface area (Å²) in [5.74, 6) is 2.56. The topological polar surface area (TPSA) is 46.3 Å². The summed E-state index contributed by atoms with van der Waals surface area (Å²) in [6, 6.07) is 15.3. The third-order valence-electron chi connectivity index (χ3n) is 3.36. The summed E-state index contributed by atoms with van der Waals surface area (Å²) < 4.78 is 0. The first-order valence-corrected chi connectivity index (χ1v) is 7.44. The fraction of sp³-hybridized carbons (Fsp3) is 0.118. The molecule has 0 aliphatic carbocycles. The van der Waals surface area contributed by atoms with E-state index in [-0.39, 0.29) is 17.7 Å². The minimum Gasteiger partial charge on any atom is -0.399 e. The van der Waals surface area contributed by atoms with Gasteiger partial charge in [-0.05, 0) is 23.8 Å². The number of benzene rings is 2. The van der Waals surface area contributed by atoms with Crippen LogP contribution in [-0.2, 0) is 4.79 Å². The fourth-order valence-electron chi connectivity index (χ4n) is 2.38. The van der Waals surface area contributed by atoms with E-state index >= 15 is 0 Å². The number of fused-ring (bicyclic) bond motifs is 1. The second-order valence-corrected chi connectivity index (χ2v) is 5.91. The van der Waals surface area contributed by atoms with E-state index in [9.17, 15) is 4.79 Å². The van der Waals surface area contributed by atoms with Gasteiger partial charge in [0.15, 0.2) is 0 Å². The first-order chi connectivity index (χ1) is 10.2. The van der Waals surface area contributed by atoms with Crippen LogP contribution in [0.25, 0.3) is 0 Å². The molecule has 0 aromatic heterocycles. The van der Waals surface area contributed by atoms with Crippen molar-refractivity contribution in [1.82, 2.24) is 0 Å². The van der Waals surface area contributed by atoms with E-state index in [0.29, 0.717) is 5.69 Å². The summed E-state index contributed by atoms with van der Waals surface area (Å²) in [5, 5.41) is -0.268. The molecule has 0 bridgehead atoms. The zero-order chi connectivity index (χ0) is 14.8. The summed E-state index contributed by atoms with van der Waals surface area (Å²) in [4.78, 5) is 15.4. The standard InChI is InChI=1S/C17H14N2OS/c1-2-10-19-14-11-13(18)8-9-15(14)21-16(17(19)20)12-6-4-3-5-7-12/h1,3-9,11,16H,10,18H2. The summed E-state index contributed by atoms with van der Waals surface area (Å²) >= 11 is 1.54. The van der Waals surface area contributed by atoms with Crippen molar-refractivity contribution >= 4 is 29.0 Å². The van der Waals surface area contributed by atoms with Gasteiger partial charge in [-0.2, -0.15) is 0 Å². The number of nitrogens with zero attached hydrogens (tertiary/aromatic N) is 1. The van der Waals surface area contributed by atoms with Crippen LogP contribution < -0.4 is 10.6 Å². The third kappa shape index (κ3) is 2.48. The maximum Gasteiger partial charge on any atom is 0.245 e. The Hall–Kier alpha value is -2.38. The van der Waals surface area contributed by atoms with E-state index in [1.807, 2.05) is 42.5 Å². The number of carbonyl (C=O) groups excluding carboxylic acids is 1. The number of carbonyl (C=O) groups is 1. The Balaban J connectivity index is 2.07. The molecule has 1 amide bonds. The van der Waals surface area contributed by atoms with Crippen LogP contribution in [0.3, 0.4) is 0 Å². The Morgan fingerprint density at radius 1 is 1.24 bits per heavy atom. The number of hydrogen-bond acceptors (Lipinski definition) is 3. The highest BCUT2D eigenvalue weighted by atomic mass is 32.2. The van der Waals surface area contributed by atoms with Crippen LogP contribution >= 0.6 is 11.8 Å². The molecule has 21 heavy (non-hydrogen) atoms. The van der Waals surface area contributed by atoms with Crippen molar-refractivity contribution in [1.29, 1.82) is 0 Å². The number of thioether (sulfide) groups is 1. The van der Waals surface area contributed by atoms with E-state index in [4.69, 9.17) is 12.2 Å². The molecular weight excluding hydrogens is 280 g/mol. The molecule has 3 nitrogen and oxygen atoms in total. The zero-order valence-electron chi connectivity index (χ0n) is 11.3. The molecule has 2 aromatic carbocycles. The Kier molecular flexibility index (Phi) is 3.59. The summed E-state index contributed by atoms with van der Waals surface area (Å²) in [6.45, 7) is 0.249. The summed E-state index contributed by atoms with van der Waals surface area (Å²) in [7, 11) is 0. The van der Waals surface area contributed by atoms with Crippen molar-refractivity contribution in [2.45, 2.75) is 10.1 Å². The van der Waals surface area contributed by atoms with E-state index in [2.05, 4.69) is 5.92 Å². The maximum absolute atomic E-state index is 12.8. The molecule has 2 aromatic rings. The van der Waals surface area contributed by atoms with Gasteiger partial charge >= 0.3 is 0 Å². The summed E-state index contributed by atoms with van der Waals surface area (Å²) in [6.07, 6.45) is 5.42. The molecule has 1 atom stereocenters. The lowest BCUT2D eigenvalue weighted by Gasteiger charge is -2.33. The van der Waals surface area contributed by atoms with Gasteiger partial charge in [-0.3, -0.25) is 9.69 Å². The molecule has 0 saturated heterocycles. The van der Waals surface area contributed by atoms with E-state index < -0.39 is 0 Å². The number of terminal acetylenes is 1. The fourth-order valence-corrected chi connectivity index (χ4v) is 3.59. The molecule has 1 unspecified atom stereocenters. The molecule has 2 N–H and O–H groups in total. The van der Waals surface area contributed by atoms with Crippen LogP contribution in [0.15, 0.2) is 53.4 Å². The first-order valence-electron chi connectivity index (χ1n) is 6.56. The number of anilines is 2. The van der Waals surface area contributed by atoms with Gasteiger partial charge < -0.3 is 5.73 Å². The second kappa shape index (κ2) is 5.55. The van der Waals surface area contributed by atoms with Crippen molar-refractivity contribution in [3.63, 3.8) is 0 Å². The predicted octanol–water partition coefficient (Wildman–Crippen LogP) is 3.08. The number of rotatable bonds is 2. The van der Waals surface area contributed by atoms with Crippen molar-refractivity contribution in [2.24, 2.45) is 0 Å². The summed E-state index contributed by atoms with van der Waals surface area (Å²) in [5.41, 5.74) is 8.24. The molecule has 1 aliphatic rings. The van der Waals surface area contributed by atoms with Crippen LogP contribution in [0, 0.1) is 12.3 Å². The quantitative estimate of drug-likeness (QED) is 0.684. The highest BCUT2D eigenvalue weighted by Crippen LogP contribution is 2.46. The Morgan fingerprint density at radius 3 is 2.71 bits per heavy atom. The van der Waals surface area contributed by atoms with Crippen molar-refractivity contribution < 1.29 is 4.79 Å². The van der Waals surface area contributed by atoms with Crippen molar-refractivity contribution in [3.8, 4) is 12.3 Å². The molecule has 0 radical (unpaired) electrons. The van der Waals surface area contributed by atoms with Crippen LogP contribution in [0.2, 0.25) is 0 Å². The van der Waals surface area contributed by atoms with Gasteiger partial charge in [0, 0.05) is 10.6 Å². The lowest BCUT2D eigenvalue weighted by atomic mass is 10.1. The van der Waals surface area contributed by atoms with Crippen LogP contribution in [0.1, 0.15) is 10.8 Å². The van der Waals surface area contributed by atoms with Crippen LogP contribution in [-0.4, -0.2) is 12.5 Å². The smallest absolute Gasteiger partial charge is 0.245 e. The van der Waals surface area contributed by atoms with Crippen LogP contribution in [0.4, 0.5) is 11.4 Å². The Bertz CT molecular complexity index is 721. The predicted molar refractivity (Wildman–Crippen MR) is 87.1 cm³/mol. The van der Waals surface area contributed by atoms with Crippen molar-refractivity contribution in [2.75, 3.05) is 17.2 Å². The number of nitrogen functional groups attached to an aromatic ring is 1. The van der Waals surface area contributed by atoms with Gasteiger partial charge in [-0.1, -0.05) is 36.3 Å². The van der Waals surface area contributed by atoms with Gasteiger partial charge in [-0.25, -0.2) is 0 Å². The Morgan fingerprint density at radius 2 is 2.00 bits per heavy atom. The van der Waals surface area contributed by atoms with Gasteiger partial charge in [0.2, 0.25) is 5.91 Å². The van der Waals surface area contributed by atoms with E-state index in [1.165, 1.54) is 0 Å². The molecule has 104 valence electrons. The normalized spacial score (nSPS) is 17.2. The van der Waals surface area contributed by atoms with E-state index in [1.54, 1.807) is 22.7 Å². The minimum atomic E-state index is -0.268. The highest BCUT2D eigenvalue weighted by molar-refractivity contribution is 8.00. The van der Waals surface area contributed by atoms with Gasteiger partial charge in [-0.15, -0.1) is 18.2 Å². The maximum atomic E-state index is 12.8.